The lowest BCUT2D eigenvalue weighted by Gasteiger charge is -2.06. The fourth-order valence-corrected chi connectivity index (χ4v) is 3.99. The predicted molar refractivity (Wildman–Crippen MR) is 87.5 cm³/mol. The van der Waals surface area contributed by atoms with Gasteiger partial charge in [0.2, 0.25) is 0 Å². The summed E-state index contributed by atoms with van der Waals surface area (Å²) in [5.41, 5.74) is 0.734. The maximum atomic E-state index is 10.7. The van der Waals surface area contributed by atoms with Crippen LogP contribution < -0.4 is 0 Å². The summed E-state index contributed by atoms with van der Waals surface area (Å²) in [5, 5.41) is 2.38. The van der Waals surface area contributed by atoms with Crippen LogP contribution >= 0.6 is 67.8 Å². The lowest BCUT2D eigenvalue weighted by atomic mass is 10.1. The van der Waals surface area contributed by atoms with Crippen LogP contribution in [0, 0.1) is 10.7 Å². The Kier molecular flexibility index (Phi) is 3.87. The molecule has 0 aliphatic rings. The topological polar surface area (TPSA) is 17.1 Å². The van der Waals surface area contributed by atoms with Gasteiger partial charge in [-0.15, -0.1) is 0 Å². The molecular formula is C11H5I3O. The summed E-state index contributed by atoms with van der Waals surface area (Å²) in [6.45, 7) is 0. The van der Waals surface area contributed by atoms with Crippen molar-refractivity contribution in [3.8, 4) is 0 Å². The number of rotatable bonds is 1. The zero-order valence-corrected chi connectivity index (χ0v) is 13.9. The standard InChI is InChI=1S/C11H5I3O/c12-9-4-10(13)11(14)8-3-6(5-15)1-2-7(8)9/h1-5H. The summed E-state index contributed by atoms with van der Waals surface area (Å²) in [6.07, 6.45) is 0.891. The molecule has 0 spiro atoms. The van der Waals surface area contributed by atoms with Gasteiger partial charge in [-0.3, -0.25) is 4.79 Å². The van der Waals surface area contributed by atoms with Crippen molar-refractivity contribution < 1.29 is 4.79 Å². The molecule has 0 saturated carbocycles. The van der Waals surface area contributed by atoms with E-state index < -0.39 is 0 Å². The number of benzene rings is 2. The van der Waals surface area contributed by atoms with Gasteiger partial charge in [0, 0.05) is 16.3 Å². The number of fused-ring (bicyclic) bond motifs is 1. The quantitative estimate of drug-likeness (QED) is 0.300. The third-order valence-corrected chi connectivity index (χ3v) is 6.07. The largest absolute Gasteiger partial charge is 0.298 e. The Morgan fingerprint density at radius 2 is 1.67 bits per heavy atom. The molecule has 0 radical (unpaired) electrons. The molecule has 0 fully saturated rings. The molecule has 0 aliphatic heterocycles. The Balaban J connectivity index is 2.91. The number of hydrogen-bond acceptors (Lipinski definition) is 1. The molecule has 0 bridgehead atoms. The van der Waals surface area contributed by atoms with Gasteiger partial charge in [-0.2, -0.15) is 0 Å². The Bertz CT molecular complexity index is 549. The van der Waals surface area contributed by atoms with Crippen molar-refractivity contribution in [1.82, 2.24) is 0 Å². The molecule has 2 rings (SSSR count). The third kappa shape index (κ3) is 2.31. The summed E-state index contributed by atoms with van der Waals surface area (Å²) >= 11 is 6.97. The van der Waals surface area contributed by atoms with Crippen LogP contribution in [0.25, 0.3) is 10.8 Å². The molecule has 2 aromatic carbocycles. The molecule has 0 heterocycles. The second-order valence-corrected chi connectivity index (χ2v) is 6.48. The van der Waals surface area contributed by atoms with Gasteiger partial charge in [-0.25, -0.2) is 0 Å². The highest BCUT2D eigenvalue weighted by Crippen LogP contribution is 2.30. The van der Waals surface area contributed by atoms with Crippen molar-refractivity contribution in [2.45, 2.75) is 0 Å². The molecule has 0 unspecified atom stereocenters. The Labute approximate surface area is 128 Å². The lowest BCUT2D eigenvalue weighted by Crippen LogP contribution is -1.89. The highest BCUT2D eigenvalue weighted by Gasteiger charge is 2.07. The van der Waals surface area contributed by atoms with E-state index in [-0.39, 0.29) is 0 Å². The molecule has 0 N–H and O–H groups in total. The van der Waals surface area contributed by atoms with Gasteiger partial charge in [0.15, 0.2) is 0 Å². The number of hydrogen-bond donors (Lipinski definition) is 0. The van der Waals surface area contributed by atoms with Gasteiger partial charge in [0.05, 0.1) is 0 Å². The van der Waals surface area contributed by atoms with Crippen molar-refractivity contribution in [3.63, 3.8) is 0 Å². The van der Waals surface area contributed by atoms with Crippen LogP contribution in [0.15, 0.2) is 24.3 Å². The third-order valence-electron chi connectivity index (χ3n) is 2.14. The van der Waals surface area contributed by atoms with Crippen molar-refractivity contribution in [3.05, 3.63) is 40.5 Å². The monoisotopic (exact) mass is 534 g/mol. The first-order valence-electron chi connectivity index (χ1n) is 4.16. The number of aldehydes is 1. The molecule has 4 heteroatoms. The zero-order chi connectivity index (χ0) is 11.0. The SMILES string of the molecule is O=Cc1ccc2c(I)cc(I)c(I)c2c1. The first-order chi connectivity index (χ1) is 7.13. The summed E-state index contributed by atoms with van der Waals surface area (Å²) in [5.74, 6) is 0. The average molecular weight is 534 g/mol. The Hall–Kier alpha value is 0.560. The highest BCUT2D eigenvalue weighted by atomic mass is 127. The van der Waals surface area contributed by atoms with E-state index in [0.717, 1.165) is 17.2 Å². The van der Waals surface area contributed by atoms with E-state index in [9.17, 15) is 4.79 Å². The minimum atomic E-state index is 0.734. The Morgan fingerprint density at radius 1 is 0.933 bits per heavy atom. The van der Waals surface area contributed by atoms with E-state index in [4.69, 9.17) is 0 Å². The van der Waals surface area contributed by atoms with E-state index >= 15 is 0 Å². The second-order valence-electron chi connectivity index (χ2n) is 3.08. The Morgan fingerprint density at radius 3 is 2.33 bits per heavy atom. The van der Waals surface area contributed by atoms with Crippen LogP contribution in [0.1, 0.15) is 10.4 Å². The first-order valence-corrected chi connectivity index (χ1v) is 7.39. The lowest BCUT2D eigenvalue weighted by molar-refractivity contribution is 0.112. The van der Waals surface area contributed by atoms with Gasteiger partial charge >= 0.3 is 0 Å². The van der Waals surface area contributed by atoms with Gasteiger partial charge in [-0.1, -0.05) is 12.1 Å². The van der Waals surface area contributed by atoms with Gasteiger partial charge < -0.3 is 0 Å². The van der Waals surface area contributed by atoms with Crippen molar-refractivity contribution in [1.29, 1.82) is 0 Å². The van der Waals surface area contributed by atoms with E-state index in [1.54, 1.807) is 0 Å². The number of carbonyl (C=O) groups excluding carboxylic acids is 1. The normalized spacial score (nSPS) is 10.6. The fraction of sp³-hybridized carbons (Fsp3) is 0. The van der Waals surface area contributed by atoms with Crippen LogP contribution in [0.5, 0.6) is 0 Å². The molecule has 76 valence electrons. The summed E-state index contributed by atoms with van der Waals surface area (Å²) in [7, 11) is 0. The molecule has 0 saturated heterocycles. The minimum Gasteiger partial charge on any atom is -0.298 e. The van der Waals surface area contributed by atoms with E-state index in [1.807, 2.05) is 18.2 Å². The smallest absolute Gasteiger partial charge is 0.150 e. The van der Waals surface area contributed by atoms with Crippen molar-refractivity contribution in [2.75, 3.05) is 0 Å². The number of halogens is 3. The van der Waals surface area contributed by atoms with Crippen LogP contribution in [0.3, 0.4) is 0 Å². The summed E-state index contributed by atoms with van der Waals surface area (Å²) < 4.78 is 3.67. The highest BCUT2D eigenvalue weighted by molar-refractivity contribution is 14.1. The molecule has 2 aromatic rings. The molecular weight excluding hydrogens is 529 g/mol. The summed E-state index contributed by atoms with van der Waals surface area (Å²) in [4.78, 5) is 10.7. The summed E-state index contributed by atoms with van der Waals surface area (Å²) in [6, 6.07) is 7.99. The molecule has 0 aliphatic carbocycles. The molecule has 1 nitrogen and oxygen atoms in total. The molecule has 0 atom stereocenters. The van der Waals surface area contributed by atoms with E-state index in [1.165, 1.54) is 16.1 Å². The molecule has 0 amide bonds. The van der Waals surface area contributed by atoms with Gasteiger partial charge in [-0.05, 0) is 90.7 Å². The average Bonchev–Trinajstić information content (AvgIpc) is 2.25. The predicted octanol–water partition coefficient (Wildman–Crippen LogP) is 4.47. The number of carbonyl (C=O) groups is 1. The molecule has 0 aromatic heterocycles. The maximum absolute atomic E-state index is 10.7. The van der Waals surface area contributed by atoms with E-state index in [2.05, 4.69) is 73.8 Å². The fourth-order valence-electron chi connectivity index (χ4n) is 1.41. The van der Waals surface area contributed by atoms with Crippen molar-refractivity contribution in [2.24, 2.45) is 0 Å². The minimum absolute atomic E-state index is 0.734. The van der Waals surface area contributed by atoms with Crippen LogP contribution in [0.4, 0.5) is 0 Å². The maximum Gasteiger partial charge on any atom is 0.150 e. The van der Waals surface area contributed by atoms with Crippen LogP contribution in [0.2, 0.25) is 0 Å². The van der Waals surface area contributed by atoms with Gasteiger partial charge in [0.1, 0.15) is 6.29 Å². The molecule has 15 heavy (non-hydrogen) atoms. The second kappa shape index (κ2) is 4.82. The zero-order valence-electron chi connectivity index (χ0n) is 7.43. The van der Waals surface area contributed by atoms with Crippen LogP contribution in [-0.2, 0) is 0 Å². The first kappa shape index (κ1) is 12.0. The van der Waals surface area contributed by atoms with Crippen LogP contribution in [-0.4, -0.2) is 6.29 Å². The van der Waals surface area contributed by atoms with Crippen molar-refractivity contribution >= 4 is 84.8 Å². The van der Waals surface area contributed by atoms with Gasteiger partial charge in [0.25, 0.3) is 0 Å². The van der Waals surface area contributed by atoms with E-state index in [0.29, 0.717) is 0 Å².